The zero-order chi connectivity index (χ0) is 10.9. The van der Waals surface area contributed by atoms with Gasteiger partial charge in [0.1, 0.15) is 0 Å². The molecule has 1 aromatic carbocycles. The maximum absolute atomic E-state index is 13.1. The first kappa shape index (κ1) is 11.1. The van der Waals surface area contributed by atoms with Crippen LogP contribution in [-0.4, -0.2) is 11.1 Å². The van der Waals surface area contributed by atoms with Crippen LogP contribution in [0, 0.1) is 18.6 Å². The van der Waals surface area contributed by atoms with Crippen LogP contribution in [0.4, 0.5) is 8.78 Å². The van der Waals surface area contributed by atoms with Crippen LogP contribution in [-0.2, 0) is 0 Å². The van der Waals surface area contributed by atoms with E-state index in [4.69, 9.17) is 5.73 Å². The molecule has 0 bridgehead atoms. The molecule has 0 radical (unpaired) electrons. The molecule has 1 aromatic rings. The first-order valence-corrected chi connectivity index (χ1v) is 4.33. The van der Waals surface area contributed by atoms with Crippen molar-refractivity contribution in [3.05, 3.63) is 34.9 Å². The summed E-state index contributed by atoms with van der Waals surface area (Å²) in [7, 11) is 0. The predicted molar refractivity (Wildman–Crippen MR) is 49.7 cm³/mol. The van der Waals surface area contributed by atoms with Gasteiger partial charge in [-0.15, -0.1) is 0 Å². The van der Waals surface area contributed by atoms with E-state index in [0.29, 0.717) is 5.56 Å². The van der Waals surface area contributed by atoms with Crippen LogP contribution in [0.3, 0.4) is 0 Å². The molecule has 0 heterocycles. The molecule has 0 aliphatic carbocycles. The lowest BCUT2D eigenvalue weighted by Crippen LogP contribution is -2.25. The molecule has 1 rings (SSSR count). The predicted octanol–water partition coefficient (Wildman–Crippen LogP) is 1.65. The van der Waals surface area contributed by atoms with Crippen molar-refractivity contribution >= 4 is 0 Å². The van der Waals surface area contributed by atoms with Gasteiger partial charge in [-0.2, -0.15) is 0 Å². The third-order valence-corrected chi connectivity index (χ3v) is 2.20. The Kier molecular flexibility index (Phi) is 3.18. The molecule has 78 valence electrons. The summed E-state index contributed by atoms with van der Waals surface area (Å²) in [5, 5.41) is 9.58. The fourth-order valence-corrected chi connectivity index (χ4v) is 1.27. The number of hydrogen-bond acceptors (Lipinski definition) is 2. The molecule has 0 spiro atoms. The Morgan fingerprint density at radius 3 is 2.43 bits per heavy atom. The number of rotatable bonds is 2. The molecule has 0 saturated carbocycles. The lowest BCUT2D eigenvalue weighted by atomic mass is 9.99. The Morgan fingerprint density at radius 2 is 1.93 bits per heavy atom. The Labute approximate surface area is 81.4 Å². The largest absolute Gasteiger partial charge is 0.387 e. The van der Waals surface area contributed by atoms with Crippen molar-refractivity contribution in [1.29, 1.82) is 0 Å². The van der Waals surface area contributed by atoms with Crippen LogP contribution in [0.15, 0.2) is 12.1 Å². The molecule has 4 heteroatoms. The Bertz CT molecular complexity index is 339. The first-order chi connectivity index (χ1) is 6.45. The summed E-state index contributed by atoms with van der Waals surface area (Å²) in [5.41, 5.74) is 5.90. The average molecular weight is 201 g/mol. The monoisotopic (exact) mass is 201 g/mol. The number of hydrogen-bond donors (Lipinski definition) is 2. The highest BCUT2D eigenvalue weighted by atomic mass is 19.2. The second-order valence-electron chi connectivity index (χ2n) is 3.38. The van der Waals surface area contributed by atoms with E-state index < -0.39 is 23.8 Å². The second-order valence-corrected chi connectivity index (χ2v) is 3.38. The fraction of sp³-hybridized carbons (Fsp3) is 0.400. The summed E-state index contributed by atoms with van der Waals surface area (Å²) in [4.78, 5) is 0. The molecule has 0 amide bonds. The molecule has 3 N–H and O–H groups in total. The minimum absolute atomic E-state index is 0.106. The minimum atomic E-state index is -0.968. The summed E-state index contributed by atoms with van der Waals surface area (Å²) < 4.78 is 25.8. The van der Waals surface area contributed by atoms with Gasteiger partial charge in [-0.25, -0.2) is 8.78 Å². The molecule has 0 fully saturated rings. The zero-order valence-electron chi connectivity index (χ0n) is 8.09. The van der Waals surface area contributed by atoms with Crippen LogP contribution >= 0.6 is 0 Å². The van der Waals surface area contributed by atoms with Crippen molar-refractivity contribution in [1.82, 2.24) is 0 Å². The lowest BCUT2D eigenvalue weighted by Gasteiger charge is -2.17. The lowest BCUT2D eigenvalue weighted by molar-refractivity contribution is 0.152. The molecule has 0 aromatic heterocycles. The fourth-order valence-electron chi connectivity index (χ4n) is 1.27. The van der Waals surface area contributed by atoms with Gasteiger partial charge in [-0.3, -0.25) is 0 Å². The smallest absolute Gasteiger partial charge is 0.162 e. The SMILES string of the molecule is Cc1c([C@H](O)[C@@H](C)N)ccc(F)c1F. The Hall–Kier alpha value is -1.00. The van der Waals surface area contributed by atoms with Crippen molar-refractivity contribution in [2.45, 2.75) is 26.0 Å². The van der Waals surface area contributed by atoms with E-state index in [1.807, 2.05) is 0 Å². The standard InChI is InChI=1S/C10H13F2NO/c1-5-7(10(14)6(2)13)3-4-8(11)9(5)12/h3-4,6,10,14H,13H2,1-2H3/t6-,10-/m1/s1. The first-order valence-electron chi connectivity index (χ1n) is 4.33. The summed E-state index contributed by atoms with van der Waals surface area (Å²) in [6.07, 6.45) is -0.968. The van der Waals surface area contributed by atoms with Crippen LogP contribution < -0.4 is 5.73 Å². The van der Waals surface area contributed by atoms with E-state index >= 15 is 0 Å². The van der Waals surface area contributed by atoms with Crippen LogP contribution in [0.25, 0.3) is 0 Å². The Morgan fingerprint density at radius 1 is 1.36 bits per heavy atom. The van der Waals surface area contributed by atoms with Crippen molar-refractivity contribution in [3.8, 4) is 0 Å². The van der Waals surface area contributed by atoms with Gasteiger partial charge in [0.15, 0.2) is 11.6 Å². The maximum atomic E-state index is 13.1. The van der Waals surface area contributed by atoms with Gasteiger partial charge in [0.2, 0.25) is 0 Å². The normalized spacial score (nSPS) is 15.3. The number of aliphatic hydroxyl groups excluding tert-OH is 1. The third-order valence-electron chi connectivity index (χ3n) is 2.20. The topological polar surface area (TPSA) is 46.2 Å². The molecule has 0 aliphatic heterocycles. The number of benzene rings is 1. The number of nitrogens with two attached hydrogens (primary N) is 1. The average Bonchev–Trinajstić information content (AvgIpc) is 2.13. The van der Waals surface area contributed by atoms with Crippen molar-refractivity contribution in [2.75, 3.05) is 0 Å². The molecule has 0 aliphatic rings. The van der Waals surface area contributed by atoms with Gasteiger partial charge in [0, 0.05) is 6.04 Å². The van der Waals surface area contributed by atoms with E-state index in [9.17, 15) is 13.9 Å². The third kappa shape index (κ3) is 1.91. The minimum Gasteiger partial charge on any atom is -0.387 e. The number of aliphatic hydroxyl groups is 1. The van der Waals surface area contributed by atoms with Crippen molar-refractivity contribution < 1.29 is 13.9 Å². The molecule has 0 saturated heterocycles. The highest BCUT2D eigenvalue weighted by Crippen LogP contribution is 2.23. The van der Waals surface area contributed by atoms with Gasteiger partial charge in [-0.05, 0) is 31.0 Å². The van der Waals surface area contributed by atoms with Crippen molar-refractivity contribution in [2.24, 2.45) is 5.73 Å². The van der Waals surface area contributed by atoms with Gasteiger partial charge < -0.3 is 10.8 Å². The van der Waals surface area contributed by atoms with E-state index in [0.717, 1.165) is 6.07 Å². The van der Waals surface area contributed by atoms with Crippen molar-refractivity contribution in [3.63, 3.8) is 0 Å². The van der Waals surface area contributed by atoms with E-state index in [1.54, 1.807) is 6.92 Å². The zero-order valence-corrected chi connectivity index (χ0v) is 8.09. The second kappa shape index (κ2) is 4.02. The molecular weight excluding hydrogens is 188 g/mol. The summed E-state index contributed by atoms with van der Waals surface area (Å²) in [6.45, 7) is 3.02. The summed E-state index contributed by atoms with van der Waals surface area (Å²) in [6, 6.07) is 1.82. The molecule has 2 atom stereocenters. The van der Waals surface area contributed by atoms with Crippen LogP contribution in [0.2, 0.25) is 0 Å². The Balaban J connectivity index is 3.17. The van der Waals surface area contributed by atoms with Gasteiger partial charge in [0.25, 0.3) is 0 Å². The van der Waals surface area contributed by atoms with Gasteiger partial charge in [-0.1, -0.05) is 6.07 Å². The van der Waals surface area contributed by atoms with Crippen LogP contribution in [0.1, 0.15) is 24.2 Å². The highest BCUT2D eigenvalue weighted by Gasteiger charge is 2.18. The molecular formula is C10H13F2NO. The molecule has 0 unspecified atom stereocenters. The maximum Gasteiger partial charge on any atom is 0.162 e. The highest BCUT2D eigenvalue weighted by molar-refractivity contribution is 5.30. The van der Waals surface area contributed by atoms with E-state index in [-0.39, 0.29) is 5.56 Å². The molecule has 2 nitrogen and oxygen atoms in total. The van der Waals surface area contributed by atoms with E-state index in [1.165, 1.54) is 13.0 Å². The quantitative estimate of drug-likeness (QED) is 0.764. The van der Waals surface area contributed by atoms with Gasteiger partial charge in [0.05, 0.1) is 6.10 Å². The summed E-state index contributed by atoms with van der Waals surface area (Å²) >= 11 is 0. The molecule has 14 heavy (non-hydrogen) atoms. The van der Waals surface area contributed by atoms with E-state index in [2.05, 4.69) is 0 Å². The number of halogens is 2. The van der Waals surface area contributed by atoms with Crippen LogP contribution in [0.5, 0.6) is 0 Å². The summed E-state index contributed by atoms with van der Waals surface area (Å²) in [5.74, 6) is -1.84. The van der Waals surface area contributed by atoms with Gasteiger partial charge >= 0.3 is 0 Å².